The van der Waals surface area contributed by atoms with Gasteiger partial charge in [-0.1, -0.05) is 0 Å². The van der Waals surface area contributed by atoms with Crippen LogP contribution < -0.4 is 0 Å². The molecule has 0 aromatic heterocycles. The van der Waals surface area contributed by atoms with Gasteiger partial charge in [0, 0.05) is 5.75 Å². The predicted molar refractivity (Wildman–Crippen MR) is 77.3 cm³/mol. The van der Waals surface area contributed by atoms with Crippen LogP contribution in [-0.2, 0) is 19.1 Å². The van der Waals surface area contributed by atoms with Crippen molar-refractivity contribution in [1.29, 1.82) is 0 Å². The summed E-state index contributed by atoms with van der Waals surface area (Å²) in [6.45, 7) is 6.93. The Balaban J connectivity index is 2.08. The van der Waals surface area contributed by atoms with Crippen molar-refractivity contribution in [3.8, 4) is 0 Å². The second kappa shape index (κ2) is 5.36. The lowest BCUT2D eigenvalue weighted by atomic mass is 9.90. The van der Waals surface area contributed by atoms with Gasteiger partial charge in [0.25, 0.3) is 0 Å². The van der Waals surface area contributed by atoms with Crippen molar-refractivity contribution in [2.75, 3.05) is 5.75 Å². The number of β-lactam (4-membered cyclic amide) rings is 1. The number of hydrogen-bond donors (Lipinski definition) is 1. The number of carbonyl (C=O) groups is 3. The van der Waals surface area contributed by atoms with E-state index in [0.717, 1.165) is 0 Å². The van der Waals surface area contributed by atoms with Crippen molar-refractivity contribution in [2.24, 2.45) is 11.3 Å². The minimum absolute atomic E-state index is 0.0225. The lowest BCUT2D eigenvalue weighted by Crippen LogP contribution is -2.64. The highest BCUT2D eigenvalue weighted by Crippen LogP contribution is 2.43. The van der Waals surface area contributed by atoms with Gasteiger partial charge < -0.3 is 9.84 Å². The summed E-state index contributed by atoms with van der Waals surface area (Å²) in [7, 11) is 0. The molecule has 2 aliphatic heterocycles. The summed E-state index contributed by atoms with van der Waals surface area (Å²) in [5, 5.41) is 8.83. The number of carboxylic acids is 1. The third-order valence-electron chi connectivity index (χ3n) is 3.52. The largest absolute Gasteiger partial charge is 0.477 e. The number of rotatable bonds is 3. The Hall–Kier alpha value is -1.50. The highest BCUT2D eigenvalue weighted by atomic mass is 32.2. The van der Waals surface area contributed by atoms with Crippen LogP contribution >= 0.6 is 11.8 Å². The second-order valence-electron chi connectivity index (χ2n) is 6.21. The minimum Gasteiger partial charge on any atom is -0.477 e. The van der Waals surface area contributed by atoms with Crippen molar-refractivity contribution in [1.82, 2.24) is 4.90 Å². The zero-order chi connectivity index (χ0) is 15.9. The molecule has 6 nitrogen and oxygen atoms in total. The van der Waals surface area contributed by atoms with Gasteiger partial charge in [0.2, 0.25) is 5.91 Å². The van der Waals surface area contributed by atoms with Gasteiger partial charge in [-0.2, -0.15) is 0 Å². The van der Waals surface area contributed by atoms with E-state index in [9.17, 15) is 14.4 Å². The fraction of sp³-hybridized carbons (Fsp3) is 0.643. The molecule has 1 fully saturated rings. The summed E-state index contributed by atoms with van der Waals surface area (Å²) >= 11 is 1.48. The molecule has 0 aromatic carbocycles. The summed E-state index contributed by atoms with van der Waals surface area (Å²) < 4.78 is 5.37. The Bertz CT molecular complexity index is 522. The lowest BCUT2D eigenvalue weighted by molar-refractivity contribution is -0.172. The zero-order valence-corrected chi connectivity index (χ0v) is 13.3. The fourth-order valence-electron chi connectivity index (χ4n) is 2.29. The molecule has 0 aliphatic carbocycles. The highest BCUT2D eigenvalue weighted by molar-refractivity contribution is 8.00. The minimum atomic E-state index is -1.11. The molecule has 3 atom stereocenters. The molecule has 7 heteroatoms. The number of carboxylic acid groups (broad SMARTS) is 1. The topological polar surface area (TPSA) is 83.9 Å². The highest BCUT2D eigenvalue weighted by Gasteiger charge is 2.55. The van der Waals surface area contributed by atoms with E-state index in [0.29, 0.717) is 5.75 Å². The molecule has 116 valence electrons. The molecule has 2 unspecified atom stereocenters. The number of amides is 1. The number of aliphatic carboxylic acids is 1. The van der Waals surface area contributed by atoms with E-state index >= 15 is 0 Å². The molecule has 1 N–H and O–H groups in total. The molecule has 0 spiro atoms. The Morgan fingerprint density at radius 1 is 1.48 bits per heavy atom. The standard InChI is InChI=1S/C14H19NO5S/c1-7(20-13(19)14(2,3)4)9-10(16)15-8(12(17)18)5-6-21-11(9)15/h5,7,9,11H,6H2,1-4H3,(H,17,18)/t7?,9?,11-/m0/s1. The van der Waals surface area contributed by atoms with Crippen molar-refractivity contribution in [3.05, 3.63) is 11.8 Å². The molecule has 2 heterocycles. The Labute approximate surface area is 127 Å². The van der Waals surface area contributed by atoms with Gasteiger partial charge in [-0.05, 0) is 33.8 Å². The average molecular weight is 313 g/mol. The quantitative estimate of drug-likeness (QED) is 0.627. The first-order chi connectivity index (χ1) is 9.64. The van der Waals surface area contributed by atoms with E-state index in [4.69, 9.17) is 9.84 Å². The maximum atomic E-state index is 12.2. The number of nitrogens with zero attached hydrogens (tertiary/aromatic N) is 1. The molecule has 1 saturated heterocycles. The van der Waals surface area contributed by atoms with E-state index in [1.807, 2.05) is 0 Å². The molecule has 0 saturated carbocycles. The van der Waals surface area contributed by atoms with Crippen LogP contribution in [0.4, 0.5) is 0 Å². The number of carbonyl (C=O) groups excluding carboxylic acids is 2. The smallest absolute Gasteiger partial charge is 0.352 e. The van der Waals surface area contributed by atoms with Gasteiger partial charge >= 0.3 is 11.9 Å². The number of fused-ring (bicyclic) bond motifs is 1. The van der Waals surface area contributed by atoms with Crippen LogP contribution in [0.15, 0.2) is 11.8 Å². The Morgan fingerprint density at radius 3 is 2.62 bits per heavy atom. The summed E-state index contributed by atoms with van der Waals surface area (Å²) in [5.74, 6) is -1.71. The first-order valence-corrected chi connectivity index (χ1v) is 7.78. The van der Waals surface area contributed by atoms with Crippen molar-refractivity contribution < 1.29 is 24.2 Å². The van der Waals surface area contributed by atoms with E-state index < -0.39 is 23.4 Å². The number of ether oxygens (including phenoxy) is 1. The van der Waals surface area contributed by atoms with Crippen molar-refractivity contribution in [2.45, 2.75) is 39.2 Å². The summed E-state index contributed by atoms with van der Waals surface area (Å²) in [4.78, 5) is 36.5. The van der Waals surface area contributed by atoms with Gasteiger partial charge in [0.1, 0.15) is 17.7 Å². The Morgan fingerprint density at radius 2 is 2.10 bits per heavy atom. The fourth-order valence-corrected chi connectivity index (χ4v) is 3.65. The molecule has 1 amide bonds. The molecule has 0 bridgehead atoms. The van der Waals surface area contributed by atoms with Gasteiger partial charge in [-0.3, -0.25) is 14.5 Å². The van der Waals surface area contributed by atoms with E-state index in [1.54, 1.807) is 27.7 Å². The SMILES string of the molecule is CC(OC(=O)C(C)(C)C)C1C(=O)N2C(C(=O)O)=CCS[C@@H]12. The van der Waals surface area contributed by atoms with E-state index in [-0.39, 0.29) is 22.9 Å². The molecule has 0 aromatic rings. The molecule has 2 rings (SSSR count). The molecular formula is C14H19NO5S. The first kappa shape index (κ1) is 15.9. The van der Waals surface area contributed by atoms with Gasteiger partial charge in [-0.25, -0.2) is 4.79 Å². The average Bonchev–Trinajstić information content (AvgIpc) is 2.35. The van der Waals surface area contributed by atoms with Crippen LogP contribution in [0.25, 0.3) is 0 Å². The van der Waals surface area contributed by atoms with E-state index in [1.165, 1.54) is 22.7 Å². The first-order valence-electron chi connectivity index (χ1n) is 6.74. The number of hydrogen-bond acceptors (Lipinski definition) is 5. The third-order valence-corrected chi connectivity index (χ3v) is 4.72. The van der Waals surface area contributed by atoms with Crippen LogP contribution in [0.3, 0.4) is 0 Å². The monoisotopic (exact) mass is 313 g/mol. The number of esters is 1. The summed E-state index contributed by atoms with van der Waals surface area (Å²) in [6, 6.07) is 0. The van der Waals surface area contributed by atoms with Crippen molar-refractivity contribution in [3.63, 3.8) is 0 Å². The van der Waals surface area contributed by atoms with Crippen LogP contribution in [0, 0.1) is 11.3 Å². The van der Waals surface area contributed by atoms with E-state index in [2.05, 4.69) is 0 Å². The molecule has 0 radical (unpaired) electrons. The van der Waals surface area contributed by atoms with Crippen LogP contribution in [-0.4, -0.2) is 45.1 Å². The van der Waals surface area contributed by atoms with Crippen LogP contribution in [0.5, 0.6) is 0 Å². The van der Waals surface area contributed by atoms with Gasteiger partial charge in [0.15, 0.2) is 0 Å². The second-order valence-corrected chi connectivity index (χ2v) is 7.36. The van der Waals surface area contributed by atoms with Crippen molar-refractivity contribution >= 4 is 29.6 Å². The lowest BCUT2D eigenvalue weighted by Gasteiger charge is -2.50. The normalized spacial score (nSPS) is 26.4. The third kappa shape index (κ3) is 2.79. The summed E-state index contributed by atoms with van der Waals surface area (Å²) in [6.07, 6.45) is 0.967. The van der Waals surface area contributed by atoms with Gasteiger partial charge in [0.05, 0.1) is 10.8 Å². The van der Waals surface area contributed by atoms with Gasteiger partial charge in [-0.15, -0.1) is 11.8 Å². The molecular weight excluding hydrogens is 294 g/mol. The number of thioether (sulfide) groups is 1. The van der Waals surface area contributed by atoms with Crippen LogP contribution in [0.2, 0.25) is 0 Å². The molecule has 21 heavy (non-hydrogen) atoms. The zero-order valence-electron chi connectivity index (χ0n) is 12.5. The maximum Gasteiger partial charge on any atom is 0.352 e. The Kier molecular flexibility index (Phi) is 4.06. The van der Waals surface area contributed by atoms with Crippen LogP contribution in [0.1, 0.15) is 27.7 Å². The molecule has 2 aliphatic rings. The maximum absolute atomic E-state index is 12.2. The predicted octanol–water partition coefficient (Wildman–Crippen LogP) is 1.46. The summed E-state index contributed by atoms with van der Waals surface area (Å²) in [5.41, 5.74) is -0.610.